The Morgan fingerprint density at radius 2 is 1.62 bits per heavy atom. The summed E-state index contributed by atoms with van der Waals surface area (Å²) in [7, 11) is 3.73. The summed E-state index contributed by atoms with van der Waals surface area (Å²) in [5.74, 6) is -3.66. The first-order valence-corrected chi connectivity index (χ1v) is 13.5. The van der Waals surface area contributed by atoms with Crippen molar-refractivity contribution in [1.29, 1.82) is 0 Å². The van der Waals surface area contributed by atoms with Crippen LogP contribution in [0.4, 0.5) is 4.79 Å². The van der Waals surface area contributed by atoms with Gasteiger partial charge >= 0.3 is 18.1 Å². The van der Waals surface area contributed by atoms with Gasteiger partial charge in [0.05, 0.1) is 27.8 Å². The Balaban J connectivity index is 1.89. The SMILES string of the molecule is COC(=O)C[C@H]1C(=O)N(CC(=O)O)CCN1C(=O)[C@H](Cc1ccc(OC)cc1)NC(=O)c1ccc(C(N)=NOC(=O)OC)cc1. The van der Waals surface area contributed by atoms with Crippen LogP contribution in [0, 0.1) is 0 Å². The molecular formula is C29H33N5O11. The molecule has 16 nitrogen and oxygen atoms in total. The fraction of sp³-hybridized carbons (Fsp3) is 0.345. The van der Waals surface area contributed by atoms with Gasteiger partial charge < -0.3 is 40.2 Å². The van der Waals surface area contributed by atoms with E-state index in [9.17, 15) is 33.9 Å². The van der Waals surface area contributed by atoms with E-state index in [1.807, 2.05) is 0 Å². The lowest BCUT2D eigenvalue weighted by Gasteiger charge is -2.41. The molecular weight excluding hydrogens is 594 g/mol. The highest BCUT2D eigenvalue weighted by atomic mass is 16.8. The van der Waals surface area contributed by atoms with Gasteiger partial charge in [-0.3, -0.25) is 28.8 Å². The van der Waals surface area contributed by atoms with Crippen LogP contribution >= 0.6 is 0 Å². The van der Waals surface area contributed by atoms with Crippen molar-refractivity contribution < 1.29 is 52.9 Å². The zero-order chi connectivity index (χ0) is 33.1. The van der Waals surface area contributed by atoms with Gasteiger partial charge in [0, 0.05) is 30.6 Å². The van der Waals surface area contributed by atoms with Gasteiger partial charge in [0.1, 0.15) is 24.4 Å². The number of piperazine rings is 1. The predicted octanol–water partition coefficient (Wildman–Crippen LogP) is 0.127. The normalized spacial score (nSPS) is 15.5. The number of aliphatic carboxylic acids is 1. The molecule has 0 aromatic heterocycles. The number of benzene rings is 2. The molecule has 0 aliphatic carbocycles. The molecule has 1 saturated heterocycles. The molecule has 3 rings (SSSR count). The van der Waals surface area contributed by atoms with Crippen LogP contribution in [-0.2, 0) is 39.9 Å². The Bertz CT molecular complexity index is 1440. The van der Waals surface area contributed by atoms with Crippen LogP contribution in [0.15, 0.2) is 53.7 Å². The molecule has 1 aliphatic heterocycles. The van der Waals surface area contributed by atoms with Crippen molar-refractivity contribution in [3.05, 3.63) is 65.2 Å². The molecule has 1 heterocycles. The van der Waals surface area contributed by atoms with E-state index in [4.69, 9.17) is 15.2 Å². The molecule has 1 aliphatic rings. The molecule has 0 spiro atoms. The van der Waals surface area contributed by atoms with Gasteiger partial charge in [-0.15, -0.1) is 0 Å². The maximum absolute atomic E-state index is 14.0. The number of amides is 3. The molecule has 4 N–H and O–H groups in total. The molecule has 1 fully saturated rings. The van der Waals surface area contributed by atoms with Crippen LogP contribution in [0.5, 0.6) is 5.75 Å². The number of hydrogen-bond donors (Lipinski definition) is 3. The third-order valence-electron chi connectivity index (χ3n) is 6.81. The van der Waals surface area contributed by atoms with Crippen molar-refractivity contribution in [2.75, 3.05) is 41.0 Å². The first-order valence-electron chi connectivity index (χ1n) is 13.5. The molecule has 0 saturated carbocycles. The monoisotopic (exact) mass is 627 g/mol. The third kappa shape index (κ3) is 9.16. The van der Waals surface area contributed by atoms with E-state index in [1.54, 1.807) is 24.3 Å². The van der Waals surface area contributed by atoms with Gasteiger partial charge in [-0.25, -0.2) is 4.79 Å². The summed E-state index contributed by atoms with van der Waals surface area (Å²) >= 11 is 0. The minimum atomic E-state index is -1.35. The van der Waals surface area contributed by atoms with Crippen molar-refractivity contribution in [3.8, 4) is 5.75 Å². The summed E-state index contributed by atoms with van der Waals surface area (Å²) in [5.41, 5.74) is 6.92. The lowest BCUT2D eigenvalue weighted by Crippen LogP contribution is -2.63. The second-order valence-corrected chi connectivity index (χ2v) is 9.66. The minimum Gasteiger partial charge on any atom is -0.497 e. The summed E-state index contributed by atoms with van der Waals surface area (Å²) in [6.07, 6.45) is -1.57. The Labute approximate surface area is 257 Å². The smallest absolute Gasteiger partial charge is 0.497 e. The van der Waals surface area contributed by atoms with E-state index >= 15 is 0 Å². The lowest BCUT2D eigenvalue weighted by atomic mass is 10.0. The lowest BCUT2D eigenvalue weighted by molar-refractivity contribution is -0.159. The van der Waals surface area contributed by atoms with Gasteiger partial charge in [0.15, 0.2) is 5.84 Å². The predicted molar refractivity (Wildman–Crippen MR) is 155 cm³/mol. The molecule has 2 aromatic rings. The number of carbonyl (C=O) groups is 6. The summed E-state index contributed by atoms with van der Waals surface area (Å²) in [4.78, 5) is 81.8. The van der Waals surface area contributed by atoms with Crippen LogP contribution in [0.2, 0.25) is 0 Å². The Morgan fingerprint density at radius 3 is 2.20 bits per heavy atom. The average molecular weight is 628 g/mol. The van der Waals surface area contributed by atoms with Crippen molar-refractivity contribution >= 4 is 41.7 Å². The second kappa shape index (κ2) is 15.7. The van der Waals surface area contributed by atoms with Crippen LogP contribution < -0.4 is 15.8 Å². The number of carboxylic acids is 1. The summed E-state index contributed by atoms with van der Waals surface area (Å²) in [6, 6.07) is 9.95. The molecule has 45 heavy (non-hydrogen) atoms. The van der Waals surface area contributed by atoms with Gasteiger partial charge in [0.25, 0.3) is 5.91 Å². The van der Waals surface area contributed by atoms with Crippen LogP contribution in [0.1, 0.15) is 27.9 Å². The Hall–Kier alpha value is -5.67. The van der Waals surface area contributed by atoms with Crippen molar-refractivity contribution in [2.24, 2.45) is 10.9 Å². The largest absolute Gasteiger partial charge is 0.534 e. The molecule has 16 heteroatoms. The van der Waals surface area contributed by atoms with E-state index < -0.39 is 60.9 Å². The highest BCUT2D eigenvalue weighted by molar-refractivity contribution is 6.01. The van der Waals surface area contributed by atoms with Gasteiger partial charge in [0.2, 0.25) is 11.8 Å². The molecule has 3 amide bonds. The maximum atomic E-state index is 14.0. The zero-order valence-corrected chi connectivity index (χ0v) is 24.8. The topological polar surface area (TPSA) is 216 Å². The first-order chi connectivity index (χ1) is 21.5. The van der Waals surface area contributed by atoms with Crippen molar-refractivity contribution in [1.82, 2.24) is 15.1 Å². The number of oxime groups is 1. The van der Waals surface area contributed by atoms with Crippen molar-refractivity contribution in [3.63, 3.8) is 0 Å². The van der Waals surface area contributed by atoms with E-state index in [1.165, 1.54) is 31.4 Å². The molecule has 240 valence electrons. The first kappa shape index (κ1) is 33.8. The molecule has 2 atom stereocenters. The van der Waals surface area contributed by atoms with Crippen LogP contribution in [0.3, 0.4) is 0 Å². The maximum Gasteiger partial charge on any atom is 0.534 e. The van der Waals surface area contributed by atoms with E-state index in [2.05, 4.69) is 20.0 Å². The number of amidine groups is 1. The number of carboxylic acid groups (broad SMARTS) is 1. The van der Waals surface area contributed by atoms with E-state index in [-0.39, 0.29) is 30.9 Å². The van der Waals surface area contributed by atoms with Gasteiger partial charge in [-0.1, -0.05) is 29.4 Å². The molecule has 0 bridgehead atoms. The molecule has 0 unspecified atom stereocenters. The van der Waals surface area contributed by atoms with E-state index in [0.29, 0.717) is 16.9 Å². The quantitative estimate of drug-likeness (QED) is 0.0941. The van der Waals surface area contributed by atoms with Gasteiger partial charge in [-0.2, -0.15) is 0 Å². The fourth-order valence-corrected chi connectivity index (χ4v) is 4.47. The summed E-state index contributed by atoms with van der Waals surface area (Å²) in [5, 5.41) is 15.4. The minimum absolute atomic E-state index is 0.00555. The Morgan fingerprint density at radius 1 is 0.978 bits per heavy atom. The number of hydrogen-bond acceptors (Lipinski definition) is 11. The number of carbonyl (C=O) groups excluding carboxylic acids is 5. The number of esters is 1. The number of ether oxygens (including phenoxy) is 3. The Kier molecular flexibility index (Phi) is 11.8. The highest BCUT2D eigenvalue weighted by Gasteiger charge is 2.42. The number of nitrogens with one attached hydrogen (secondary N) is 1. The second-order valence-electron chi connectivity index (χ2n) is 9.66. The summed E-state index contributed by atoms with van der Waals surface area (Å²) < 4.78 is 14.2. The zero-order valence-electron chi connectivity index (χ0n) is 24.8. The molecule has 0 radical (unpaired) electrons. The number of rotatable bonds is 12. The highest BCUT2D eigenvalue weighted by Crippen LogP contribution is 2.20. The standard InChI is InChI=1S/C29H33N5O11/c1-42-20-10-4-17(5-11-20)14-21(31-26(38)19-8-6-18(7-9-19)25(30)32-45-29(41)44-3)27(39)34-13-12-33(16-23(35)36)28(40)22(34)15-24(37)43-2/h4-11,21-22H,12-16H2,1-3H3,(H2,30,32)(H,31,38)(H,35,36)/t21-,22-/m0/s1. The molecule has 2 aromatic carbocycles. The van der Waals surface area contributed by atoms with Crippen molar-refractivity contribution in [2.45, 2.75) is 24.9 Å². The third-order valence-corrected chi connectivity index (χ3v) is 6.81. The van der Waals surface area contributed by atoms with Gasteiger partial charge in [-0.05, 0) is 29.8 Å². The number of nitrogens with two attached hydrogens (primary N) is 1. The number of nitrogens with zero attached hydrogens (tertiary/aromatic N) is 3. The van der Waals surface area contributed by atoms with E-state index in [0.717, 1.165) is 24.0 Å². The number of methoxy groups -OCH3 is 3. The average Bonchev–Trinajstić information content (AvgIpc) is 3.04. The fourth-order valence-electron chi connectivity index (χ4n) is 4.47. The summed E-state index contributed by atoms with van der Waals surface area (Å²) in [6.45, 7) is -0.790. The van der Waals surface area contributed by atoms with Crippen LogP contribution in [-0.4, -0.2) is 110 Å². The van der Waals surface area contributed by atoms with Crippen LogP contribution in [0.25, 0.3) is 0 Å².